The molecule has 2 aromatic heterocycles. The summed E-state index contributed by atoms with van der Waals surface area (Å²) in [5.74, 6) is 1.50. The van der Waals surface area contributed by atoms with E-state index in [-0.39, 0.29) is 12.0 Å². The lowest BCUT2D eigenvalue weighted by Crippen LogP contribution is -2.38. The molecule has 1 aromatic carbocycles. The third kappa shape index (κ3) is 3.68. The number of amides is 1. The summed E-state index contributed by atoms with van der Waals surface area (Å²) < 4.78 is 13.4. The average molecular weight is 364 g/mol. The van der Waals surface area contributed by atoms with Crippen LogP contribution in [0.5, 0.6) is 5.75 Å². The molecule has 3 heterocycles. The zero-order valence-electron chi connectivity index (χ0n) is 15.0. The van der Waals surface area contributed by atoms with Crippen molar-refractivity contribution < 1.29 is 14.3 Å². The van der Waals surface area contributed by atoms with Crippen molar-refractivity contribution in [3.8, 4) is 17.0 Å². The number of imidazole rings is 1. The van der Waals surface area contributed by atoms with Gasteiger partial charge in [-0.25, -0.2) is 4.98 Å². The molecule has 1 atom stereocenters. The van der Waals surface area contributed by atoms with Crippen molar-refractivity contribution in [1.82, 2.24) is 19.9 Å². The van der Waals surface area contributed by atoms with E-state index in [0.717, 1.165) is 22.8 Å². The van der Waals surface area contributed by atoms with Crippen LogP contribution in [0.15, 0.2) is 55.0 Å². The minimum atomic E-state index is -0.155. The van der Waals surface area contributed by atoms with Crippen LogP contribution in [-0.2, 0) is 17.9 Å². The van der Waals surface area contributed by atoms with E-state index >= 15 is 0 Å². The highest BCUT2D eigenvalue weighted by atomic mass is 16.5. The van der Waals surface area contributed by atoms with Crippen LogP contribution >= 0.6 is 0 Å². The number of hydrogen-bond donors (Lipinski definition) is 1. The Labute approximate surface area is 157 Å². The molecule has 7 nitrogen and oxygen atoms in total. The first-order valence-corrected chi connectivity index (χ1v) is 8.74. The topological polar surface area (TPSA) is 78.3 Å². The van der Waals surface area contributed by atoms with Crippen LogP contribution in [0, 0.1) is 0 Å². The van der Waals surface area contributed by atoms with Crippen LogP contribution in [0.3, 0.4) is 0 Å². The molecule has 3 aromatic rings. The zero-order valence-corrected chi connectivity index (χ0v) is 15.0. The van der Waals surface area contributed by atoms with Gasteiger partial charge in [-0.15, -0.1) is 0 Å². The number of carbonyl (C=O) groups excluding carboxylic acids is 1. The van der Waals surface area contributed by atoms with Gasteiger partial charge in [-0.1, -0.05) is 12.1 Å². The van der Waals surface area contributed by atoms with Crippen LogP contribution in [0.25, 0.3) is 11.3 Å². The van der Waals surface area contributed by atoms with Crippen molar-refractivity contribution in [2.45, 2.75) is 19.3 Å². The second kappa shape index (κ2) is 7.59. The summed E-state index contributed by atoms with van der Waals surface area (Å²) in [6, 6.07) is 11.3. The summed E-state index contributed by atoms with van der Waals surface area (Å²) in [7, 11) is 1.65. The summed E-state index contributed by atoms with van der Waals surface area (Å²) >= 11 is 0. The second-order valence-electron chi connectivity index (χ2n) is 6.28. The minimum absolute atomic E-state index is 0.113. The fraction of sp³-hybridized carbons (Fsp3) is 0.250. The number of rotatable bonds is 5. The third-order valence-electron chi connectivity index (χ3n) is 4.50. The van der Waals surface area contributed by atoms with Crippen molar-refractivity contribution in [3.05, 3.63) is 66.4 Å². The number of para-hydroxylation sites is 1. The van der Waals surface area contributed by atoms with Crippen molar-refractivity contribution in [2.24, 2.45) is 0 Å². The van der Waals surface area contributed by atoms with Gasteiger partial charge >= 0.3 is 0 Å². The number of carbonyl (C=O) groups is 1. The maximum atomic E-state index is 12.2. The highest BCUT2D eigenvalue weighted by Gasteiger charge is 2.22. The van der Waals surface area contributed by atoms with E-state index in [4.69, 9.17) is 9.47 Å². The molecule has 0 aliphatic carbocycles. The van der Waals surface area contributed by atoms with Crippen LogP contribution < -0.4 is 10.1 Å². The average Bonchev–Trinajstić information content (AvgIpc) is 3.15. The van der Waals surface area contributed by atoms with Crippen molar-refractivity contribution >= 4 is 5.91 Å². The summed E-state index contributed by atoms with van der Waals surface area (Å²) in [5.41, 5.74) is 2.34. The van der Waals surface area contributed by atoms with Gasteiger partial charge in [-0.3, -0.25) is 9.78 Å². The summed E-state index contributed by atoms with van der Waals surface area (Å²) in [6.07, 6.45) is 5.08. The van der Waals surface area contributed by atoms with E-state index in [0.29, 0.717) is 25.3 Å². The number of benzene rings is 1. The normalized spacial score (nSPS) is 15.8. The maximum Gasteiger partial charge on any atom is 0.252 e. The molecule has 0 fully saturated rings. The summed E-state index contributed by atoms with van der Waals surface area (Å²) in [4.78, 5) is 20.8. The lowest BCUT2D eigenvalue weighted by Gasteiger charge is -2.24. The first-order valence-electron chi connectivity index (χ1n) is 8.74. The fourth-order valence-electron chi connectivity index (χ4n) is 3.11. The lowest BCUT2D eigenvalue weighted by molar-refractivity contribution is 0.00327. The minimum Gasteiger partial charge on any atom is -0.496 e. The van der Waals surface area contributed by atoms with Gasteiger partial charge in [0, 0.05) is 30.7 Å². The molecule has 0 radical (unpaired) electrons. The molecule has 1 aliphatic rings. The molecule has 1 amide bonds. The Morgan fingerprint density at radius 2 is 2.22 bits per heavy atom. The van der Waals surface area contributed by atoms with E-state index in [9.17, 15) is 4.79 Å². The molecule has 0 saturated carbocycles. The van der Waals surface area contributed by atoms with Gasteiger partial charge in [-0.2, -0.15) is 0 Å². The molecule has 0 saturated heterocycles. The molecule has 7 heteroatoms. The van der Waals surface area contributed by atoms with Crippen LogP contribution in [-0.4, -0.2) is 40.2 Å². The van der Waals surface area contributed by atoms with Gasteiger partial charge in [0.2, 0.25) is 0 Å². The number of fused-ring (bicyclic) bond motifs is 1. The Morgan fingerprint density at radius 1 is 1.33 bits per heavy atom. The number of aromatic nitrogens is 3. The molecular weight excluding hydrogens is 344 g/mol. The summed E-state index contributed by atoms with van der Waals surface area (Å²) in [5, 5.41) is 2.90. The molecule has 1 aliphatic heterocycles. The van der Waals surface area contributed by atoms with Crippen LogP contribution in [0.4, 0.5) is 0 Å². The third-order valence-corrected chi connectivity index (χ3v) is 4.50. The van der Waals surface area contributed by atoms with E-state index in [1.54, 1.807) is 31.6 Å². The molecule has 1 N–H and O–H groups in total. The quantitative estimate of drug-likeness (QED) is 0.751. The smallest absolute Gasteiger partial charge is 0.252 e. The molecule has 0 bridgehead atoms. The van der Waals surface area contributed by atoms with Gasteiger partial charge in [0.15, 0.2) is 0 Å². The standard InChI is InChI=1S/C20H20N4O3/c1-26-18-7-3-2-6-16(18)17-12-24-11-15(27-13-19(24)23-17)10-22-20(25)14-5-4-8-21-9-14/h2-9,12,15H,10-11,13H2,1H3,(H,22,25)/t15-/m0/s1. The monoisotopic (exact) mass is 364 g/mol. The molecule has 0 unspecified atom stereocenters. The summed E-state index contributed by atoms with van der Waals surface area (Å²) in [6.45, 7) is 1.46. The molecule has 0 spiro atoms. The highest BCUT2D eigenvalue weighted by Crippen LogP contribution is 2.30. The number of nitrogens with zero attached hydrogens (tertiary/aromatic N) is 3. The van der Waals surface area contributed by atoms with Gasteiger partial charge in [-0.05, 0) is 24.3 Å². The molecule has 138 valence electrons. The van der Waals surface area contributed by atoms with Crippen molar-refractivity contribution in [3.63, 3.8) is 0 Å². The highest BCUT2D eigenvalue weighted by molar-refractivity contribution is 5.93. The van der Waals surface area contributed by atoms with Crippen LogP contribution in [0.1, 0.15) is 16.2 Å². The maximum absolute atomic E-state index is 12.2. The Bertz CT molecular complexity index is 939. The van der Waals surface area contributed by atoms with E-state index < -0.39 is 0 Å². The van der Waals surface area contributed by atoms with Gasteiger partial charge < -0.3 is 19.4 Å². The van der Waals surface area contributed by atoms with Crippen molar-refractivity contribution in [1.29, 1.82) is 0 Å². The number of ether oxygens (including phenoxy) is 2. The predicted octanol–water partition coefficient (Wildman–Crippen LogP) is 2.28. The Hall–Kier alpha value is -3.19. The number of methoxy groups -OCH3 is 1. The van der Waals surface area contributed by atoms with Gasteiger partial charge in [0.25, 0.3) is 5.91 Å². The number of hydrogen-bond acceptors (Lipinski definition) is 5. The van der Waals surface area contributed by atoms with E-state index in [1.165, 1.54) is 0 Å². The second-order valence-corrected chi connectivity index (χ2v) is 6.28. The Morgan fingerprint density at radius 3 is 3.04 bits per heavy atom. The van der Waals surface area contributed by atoms with Crippen molar-refractivity contribution in [2.75, 3.05) is 13.7 Å². The van der Waals surface area contributed by atoms with Gasteiger partial charge in [0.05, 0.1) is 31.0 Å². The first-order chi connectivity index (χ1) is 13.2. The molecule has 4 rings (SSSR count). The lowest BCUT2D eigenvalue weighted by atomic mass is 10.1. The SMILES string of the molecule is COc1ccccc1-c1cn2c(n1)CO[C@@H](CNC(=O)c1cccnc1)C2. The van der Waals surface area contributed by atoms with Crippen LogP contribution in [0.2, 0.25) is 0 Å². The first kappa shape index (κ1) is 17.2. The van der Waals surface area contributed by atoms with E-state index in [1.807, 2.05) is 30.5 Å². The number of pyridine rings is 1. The number of nitrogens with one attached hydrogen (secondary N) is 1. The van der Waals surface area contributed by atoms with Gasteiger partial charge in [0.1, 0.15) is 18.2 Å². The fourth-order valence-corrected chi connectivity index (χ4v) is 3.11. The zero-order chi connectivity index (χ0) is 18.6. The Balaban J connectivity index is 1.43. The predicted molar refractivity (Wildman–Crippen MR) is 99.4 cm³/mol. The molecule has 27 heavy (non-hydrogen) atoms. The largest absolute Gasteiger partial charge is 0.496 e. The molecular formula is C20H20N4O3. The Kier molecular flexibility index (Phi) is 4.84. The van der Waals surface area contributed by atoms with E-state index in [2.05, 4.69) is 19.9 Å².